The fourth-order valence-electron chi connectivity index (χ4n) is 1.49. The van der Waals surface area contributed by atoms with E-state index in [1.165, 1.54) is 0 Å². The fraction of sp³-hybridized carbons (Fsp3) is 0.889. The number of sulfonamides is 1. The van der Waals surface area contributed by atoms with Crippen molar-refractivity contribution in [3.63, 3.8) is 0 Å². The molecule has 0 spiro atoms. The van der Waals surface area contributed by atoms with Gasteiger partial charge in [-0.25, -0.2) is 13.1 Å². The van der Waals surface area contributed by atoms with Gasteiger partial charge < -0.3 is 10.4 Å². The maximum absolute atomic E-state index is 10.8. The summed E-state index contributed by atoms with van der Waals surface area (Å²) in [4.78, 5) is 10.8. The molecule has 0 aromatic rings. The van der Waals surface area contributed by atoms with Crippen molar-refractivity contribution < 1.29 is 18.3 Å². The molecule has 0 aromatic heterocycles. The summed E-state index contributed by atoms with van der Waals surface area (Å²) in [5, 5.41) is 11.8. The van der Waals surface area contributed by atoms with Gasteiger partial charge >= 0.3 is 5.97 Å². The average molecular weight is 250 g/mol. The van der Waals surface area contributed by atoms with E-state index in [1.807, 2.05) is 0 Å². The molecule has 1 unspecified atom stereocenters. The lowest BCUT2D eigenvalue weighted by Gasteiger charge is -2.13. The number of aliphatic carboxylic acids is 1. The van der Waals surface area contributed by atoms with Crippen LogP contribution in [0.3, 0.4) is 0 Å². The van der Waals surface area contributed by atoms with E-state index in [1.54, 1.807) is 0 Å². The van der Waals surface area contributed by atoms with Crippen LogP contribution in [0.2, 0.25) is 0 Å². The van der Waals surface area contributed by atoms with Crippen LogP contribution in [-0.4, -0.2) is 44.9 Å². The van der Waals surface area contributed by atoms with Crippen LogP contribution in [0, 0.1) is 5.92 Å². The van der Waals surface area contributed by atoms with Gasteiger partial charge in [0.1, 0.15) is 6.04 Å². The molecule has 0 aromatic carbocycles. The van der Waals surface area contributed by atoms with E-state index >= 15 is 0 Å². The summed E-state index contributed by atoms with van der Waals surface area (Å²) >= 11 is 0. The molecule has 1 rings (SSSR count). The molecule has 1 atom stereocenters. The predicted octanol–water partition coefficient (Wildman–Crippen LogP) is -0.621. The molecule has 94 valence electrons. The lowest BCUT2D eigenvalue weighted by Crippen LogP contribution is -2.39. The van der Waals surface area contributed by atoms with Crippen LogP contribution in [0.5, 0.6) is 0 Å². The third kappa shape index (κ3) is 5.43. The Bertz CT molecular complexity index is 337. The van der Waals surface area contributed by atoms with Crippen LogP contribution in [-0.2, 0) is 14.8 Å². The maximum atomic E-state index is 10.8. The van der Waals surface area contributed by atoms with Gasteiger partial charge in [0.2, 0.25) is 10.0 Å². The molecule has 7 heteroatoms. The van der Waals surface area contributed by atoms with Gasteiger partial charge in [0.05, 0.1) is 6.26 Å². The van der Waals surface area contributed by atoms with E-state index in [0.717, 1.165) is 19.1 Å². The molecular weight excluding hydrogens is 232 g/mol. The highest BCUT2D eigenvalue weighted by atomic mass is 32.2. The molecule has 3 N–H and O–H groups in total. The standard InChI is InChI=1S/C9H18N2O4S/c1-16(14,15)11-6-2-5-10-8(9(12)13)7-3-4-7/h7-8,10-11H,2-6H2,1H3,(H,12,13). The largest absolute Gasteiger partial charge is 0.480 e. The minimum Gasteiger partial charge on any atom is -0.480 e. The number of nitrogens with one attached hydrogen (secondary N) is 2. The van der Waals surface area contributed by atoms with Crippen molar-refractivity contribution in [3.05, 3.63) is 0 Å². The van der Waals surface area contributed by atoms with Gasteiger partial charge in [-0.15, -0.1) is 0 Å². The van der Waals surface area contributed by atoms with Crippen molar-refractivity contribution in [2.75, 3.05) is 19.3 Å². The first-order valence-electron chi connectivity index (χ1n) is 5.31. The summed E-state index contributed by atoms with van der Waals surface area (Å²) in [6, 6.07) is -0.474. The molecule has 0 saturated heterocycles. The van der Waals surface area contributed by atoms with Crippen LogP contribution in [0.1, 0.15) is 19.3 Å². The average Bonchev–Trinajstić information content (AvgIpc) is 2.91. The molecule has 1 aliphatic rings. The highest BCUT2D eigenvalue weighted by Gasteiger charge is 2.35. The summed E-state index contributed by atoms with van der Waals surface area (Å²) in [6.07, 6.45) is 3.62. The van der Waals surface area contributed by atoms with Crippen LogP contribution in [0.4, 0.5) is 0 Å². The van der Waals surface area contributed by atoms with E-state index in [0.29, 0.717) is 19.5 Å². The highest BCUT2D eigenvalue weighted by Crippen LogP contribution is 2.32. The van der Waals surface area contributed by atoms with Crippen molar-refractivity contribution in [1.82, 2.24) is 10.0 Å². The molecule has 0 amide bonds. The van der Waals surface area contributed by atoms with Crippen LogP contribution >= 0.6 is 0 Å². The third-order valence-corrected chi connectivity index (χ3v) is 3.17. The van der Waals surface area contributed by atoms with Crippen molar-refractivity contribution in [2.24, 2.45) is 5.92 Å². The number of hydrogen-bond acceptors (Lipinski definition) is 4. The second-order valence-electron chi connectivity index (χ2n) is 4.13. The van der Waals surface area contributed by atoms with Crippen LogP contribution < -0.4 is 10.0 Å². The van der Waals surface area contributed by atoms with E-state index in [-0.39, 0.29) is 5.92 Å². The van der Waals surface area contributed by atoms with Gasteiger partial charge in [-0.3, -0.25) is 4.79 Å². The van der Waals surface area contributed by atoms with Gasteiger partial charge in [0.15, 0.2) is 0 Å². The monoisotopic (exact) mass is 250 g/mol. The van der Waals surface area contributed by atoms with Gasteiger partial charge in [-0.05, 0) is 31.7 Å². The molecule has 16 heavy (non-hydrogen) atoms. The van der Waals surface area contributed by atoms with E-state index in [9.17, 15) is 13.2 Å². The molecule has 0 heterocycles. The third-order valence-electron chi connectivity index (χ3n) is 2.44. The Labute approximate surface area is 95.5 Å². The second kappa shape index (κ2) is 5.60. The Kier molecular flexibility index (Phi) is 4.69. The number of carbonyl (C=O) groups is 1. The lowest BCUT2D eigenvalue weighted by molar-refractivity contribution is -0.140. The first kappa shape index (κ1) is 13.4. The first-order valence-corrected chi connectivity index (χ1v) is 7.20. The highest BCUT2D eigenvalue weighted by molar-refractivity contribution is 7.88. The summed E-state index contributed by atoms with van der Waals surface area (Å²) in [6.45, 7) is 0.846. The molecule has 1 fully saturated rings. The Hall–Kier alpha value is -0.660. The smallest absolute Gasteiger partial charge is 0.320 e. The molecule has 6 nitrogen and oxygen atoms in total. The molecule has 0 aliphatic heterocycles. The summed E-state index contributed by atoms with van der Waals surface area (Å²) < 4.78 is 23.8. The van der Waals surface area contributed by atoms with E-state index in [2.05, 4.69) is 10.0 Å². The second-order valence-corrected chi connectivity index (χ2v) is 5.96. The SMILES string of the molecule is CS(=O)(=O)NCCCNC(C(=O)O)C1CC1. The van der Waals surface area contributed by atoms with Crippen LogP contribution in [0.25, 0.3) is 0 Å². The number of hydrogen-bond donors (Lipinski definition) is 3. The zero-order valence-electron chi connectivity index (χ0n) is 9.27. The Morgan fingerprint density at radius 1 is 1.44 bits per heavy atom. The zero-order chi connectivity index (χ0) is 12.2. The van der Waals surface area contributed by atoms with Gasteiger partial charge in [-0.1, -0.05) is 0 Å². The van der Waals surface area contributed by atoms with E-state index < -0.39 is 22.0 Å². The predicted molar refractivity (Wildman–Crippen MR) is 59.6 cm³/mol. The lowest BCUT2D eigenvalue weighted by atomic mass is 10.2. The fourth-order valence-corrected chi connectivity index (χ4v) is 2.00. The van der Waals surface area contributed by atoms with Gasteiger partial charge in [0.25, 0.3) is 0 Å². The Balaban J connectivity index is 2.12. The summed E-state index contributed by atoms with van der Waals surface area (Å²) in [5.74, 6) is -0.570. The first-order chi connectivity index (χ1) is 7.40. The minimum absolute atomic E-state index is 0.250. The number of carboxylic acid groups (broad SMARTS) is 1. The Morgan fingerprint density at radius 2 is 2.06 bits per heavy atom. The van der Waals surface area contributed by atoms with Crippen LogP contribution in [0.15, 0.2) is 0 Å². The van der Waals surface area contributed by atoms with Crippen molar-refractivity contribution in [3.8, 4) is 0 Å². The van der Waals surface area contributed by atoms with Crippen molar-refractivity contribution in [2.45, 2.75) is 25.3 Å². The maximum Gasteiger partial charge on any atom is 0.320 e. The number of rotatable bonds is 8. The molecule has 0 radical (unpaired) electrons. The normalized spacial score (nSPS) is 18.3. The van der Waals surface area contributed by atoms with E-state index in [4.69, 9.17) is 5.11 Å². The molecule has 1 aliphatic carbocycles. The topological polar surface area (TPSA) is 95.5 Å². The molecule has 1 saturated carbocycles. The van der Waals surface area contributed by atoms with Crippen molar-refractivity contribution >= 4 is 16.0 Å². The van der Waals surface area contributed by atoms with Gasteiger partial charge in [-0.2, -0.15) is 0 Å². The number of carboxylic acids is 1. The van der Waals surface area contributed by atoms with Gasteiger partial charge in [0, 0.05) is 6.54 Å². The summed E-state index contributed by atoms with van der Waals surface area (Å²) in [7, 11) is -3.14. The molecular formula is C9H18N2O4S. The minimum atomic E-state index is -3.14. The van der Waals surface area contributed by atoms with Crippen molar-refractivity contribution in [1.29, 1.82) is 0 Å². The summed E-state index contributed by atoms with van der Waals surface area (Å²) in [5.41, 5.74) is 0. The Morgan fingerprint density at radius 3 is 2.50 bits per heavy atom. The zero-order valence-corrected chi connectivity index (χ0v) is 10.1. The quantitative estimate of drug-likeness (QED) is 0.499. The molecule has 0 bridgehead atoms.